The lowest BCUT2D eigenvalue weighted by Gasteiger charge is -2.16. The molecule has 0 aliphatic heterocycles. The van der Waals surface area contributed by atoms with Gasteiger partial charge < -0.3 is 10.1 Å². The van der Waals surface area contributed by atoms with Gasteiger partial charge in [-0.1, -0.05) is 37.1 Å². The average Bonchev–Trinajstić information content (AvgIpc) is 3.28. The fraction of sp³-hybridized carbons (Fsp3) is 0.588. The summed E-state index contributed by atoms with van der Waals surface area (Å²) in [5.41, 5.74) is 0.761. The van der Waals surface area contributed by atoms with Crippen molar-refractivity contribution in [3.8, 4) is 0 Å². The first-order chi connectivity index (χ1) is 10.2. The maximum absolute atomic E-state index is 12.4. The Morgan fingerprint density at radius 1 is 1.24 bits per heavy atom. The summed E-state index contributed by atoms with van der Waals surface area (Å²) in [7, 11) is 0. The second kappa shape index (κ2) is 7.81. The van der Waals surface area contributed by atoms with Crippen molar-refractivity contribution >= 4 is 17.5 Å². The maximum Gasteiger partial charge on any atom is 0.230 e. The third-order valence-corrected chi connectivity index (χ3v) is 4.23. The third-order valence-electron chi connectivity index (χ3n) is 3.97. The lowest BCUT2D eigenvalue weighted by molar-refractivity contribution is -0.123. The summed E-state index contributed by atoms with van der Waals surface area (Å²) in [5.74, 6) is 0.137. The van der Waals surface area contributed by atoms with Gasteiger partial charge in [-0.3, -0.25) is 4.79 Å². The quantitative estimate of drug-likeness (QED) is 0.706. The van der Waals surface area contributed by atoms with E-state index in [9.17, 15) is 4.79 Å². The summed E-state index contributed by atoms with van der Waals surface area (Å²) in [5, 5.41) is 3.75. The van der Waals surface area contributed by atoms with Gasteiger partial charge in [-0.15, -0.1) is 0 Å². The molecule has 0 saturated heterocycles. The van der Waals surface area contributed by atoms with Crippen LogP contribution in [-0.2, 0) is 14.9 Å². The van der Waals surface area contributed by atoms with Crippen LogP contribution in [0.15, 0.2) is 24.3 Å². The first-order valence-corrected chi connectivity index (χ1v) is 8.19. The van der Waals surface area contributed by atoms with E-state index in [1.54, 1.807) is 0 Å². The van der Waals surface area contributed by atoms with Gasteiger partial charge in [0.1, 0.15) is 0 Å². The van der Waals surface area contributed by atoms with Gasteiger partial charge in [0.2, 0.25) is 5.91 Å². The number of nitrogens with one attached hydrogen (secondary N) is 1. The molecule has 1 N–H and O–H groups in total. The number of hydrogen-bond donors (Lipinski definition) is 1. The Bertz CT molecular complexity index is 454. The molecule has 0 aromatic heterocycles. The van der Waals surface area contributed by atoms with Gasteiger partial charge in [0.15, 0.2) is 0 Å². The van der Waals surface area contributed by atoms with Crippen molar-refractivity contribution in [2.75, 3.05) is 19.8 Å². The minimum absolute atomic E-state index is 0.137. The van der Waals surface area contributed by atoms with Gasteiger partial charge in [0.05, 0.1) is 5.41 Å². The van der Waals surface area contributed by atoms with Crippen molar-refractivity contribution in [1.29, 1.82) is 0 Å². The predicted octanol–water partition coefficient (Wildman–Crippen LogP) is 3.69. The Labute approximate surface area is 132 Å². The monoisotopic (exact) mass is 309 g/mol. The van der Waals surface area contributed by atoms with Gasteiger partial charge in [0.25, 0.3) is 0 Å². The molecule has 1 aromatic carbocycles. The molecule has 0 heterocycles. The molecule has 1 aliphatic carbocycles. The van der Waals surface area contributed by atoms with Crippen molar-refractivity contribution < 1.29 is 9.53 Å². The molecular formula is C17H24ClNO2. The Morgan fingerprint density at radius 2 is 1.90 bits per heavy atom. The molecule has 0 unspecified atom stereocenters. The van der Waals surface area contributed by atoms with Gasteiger partial charge >= 0.3 is 0 Å². The summed E-state index contributed by atoms with van der Waals surface area (Å²) in [6.45, 7) is 4.36. The van der Waals surface area contributed by atoms with Gasteiger partial charge in [0, 0.05) is 24.8 Å². The molecule has 21 heavy (non-hydrogen) atoms. The molecule has 3 nitrogen and oxygen atoms in total. The minimum Gasteiger partial charge on any atom is -0.381 e. The van der Waals surface area contributed by atoms with Crippen molar-refractivity contribution in [3.05, 3.63) is 34.9 Å². The van der Waals surface area contributed by atoms with Crippen molar-refractivity contribution in [3.63, 3.8) is 0 Å². The van der Waals surface area contributed by atoms with E-state index >= 15 is 0 Å². The van der Waals surface area contributed by atoms with Gasteiger partial charge in [-0.25, -0.2) is 0 Å². The molecule has 1 saturated carbocycles. The van der Waals surface area contributed by atoms with E-state index in [0.29, 0.717) is 18.2 Å². The van der Waals surface area contributed by atoms with Crippen LogP contribution >= 0.6 is 11.6 Å². The number of halogens is 1. The fourth-order valence-corrected chi connectivity index (χ4v) is 2.56. The normalized spacial score (nSPS) is 15.7. The van der Waals surface area contributed by atoms with E-state index in [1.807, 2.05) is 24.3 Å². The fourth-order valence-electron chi connectivity index (χ4n) is 2.43. The zero-order valence-corrected chi connectivity index (χ0v) is 13.4. The van der Waals surface area contributed by atoms with Crippen LogP contribution in [0.1, 0.15) is 44.6 Å². The van der Waals surface area contributed by atoms with E-state index in [1.165, 1.54) is 0 Å². The van der Waals surface area contributed by atoms with E-state index in [0.717, 1.165) is 44.3 Å². The molecule has 116 valence electrons. The Morgan fingerprint density at radius 3 is 2.52 bits per heavy atom. The summed E-state index contributed by atoms with van der Waals surface area (Å²) >= 11 is 5.90. The molecule has 4 heteroatoms. The number of hydrogen-bond acceptors (Lipinski definition) is 2. The third kappa shape index (κ3) is 4.45. The van der Waals surface area contributed by atoms with Crippen LogP contribution in [0.3, 0.4) is 0 Å². The van der Waals surface area contributed by atoms with Crippen LogP contribution in [0.4, 0.5) is 0 Å². The van der Waals surface area contributed by atoms with Crippen molar-refractivity contribution in [1.82, 2.24) is 5.32 Å². The largest absolute Gasteiger partial charge is 0.381 e. The highest BCUT2D eigenvalue weighted by Gasteiger charge is 2.50. The summed E-state index contributed by atoms with van der Waals surface area (Å²) in [6, 6.07) is 7.63. The summed E-state index contributed by atoms with van der Waals surface area (Å²) in [4.78, 5) is 12.4. The molecular weight excluding hydrogens is 286 g/mol. The van der Waals surface area contributed by atoms with E-state index in [4.69, 9.17) is 16.3 Å². The number of amides is 1. The average molecular weight is 310 g/mol. The molecule has 1 amide bonds. The first-order valence-electron chi connectivity index (χ1n) is 7.81. The maximum atomic E-state index is 12.4. The molecule has 0 spiro atoms. The highest BCUT2D eigenvalue weighted by Crippen LogP contribution is 2.48. The molecule has 0 atom stereocenters. The lowest BCUT2D eigenvalue weighted by Crippen LogP contribution is -2.35. The highest BCUT2D eigenvalue weighted by molar-refractivity contribution is 6.30. The van der Waals surface area contributed by atoms with Crippen LogP contribution in [0.5, 0.6) is 0 Å². The topological polar surface area (TPSA) is 38.3 Å². The molecule has 0 radical (unpaired) electrons. The Kier molecular flexibility index (Phi) is 6.07. The number of unbranched alkanes of at least 4 members (excludes halogenated alkanes) is 1. The molecule has 1 fully saturated rings. The Hall–Kier alpha value is -1.06. The molecule has 1 aromatic rings. The van der Waals surface area contributed by atoms with Gasteiger partial charge in [-0.05, 0) is 43.4 Å². The van der Waals surface area contributed by atoms with Crippen LogP contribution in [0.2, 0.25) is 5.02 Å². The van der Waals surface area contributed by atoms with Crippen molar-refractivity contribution in [2.45, 2.75) is 44.4 Å². The number of ether oxygens (including phenoxy) is 1. The summed E-state index contributed by atoms with van der Waals surface area (Å²) in [6.07, 6.45) is 4.97. The van der Waals surface area contributed by atoms with E-state index in [2.05, 4.69) is 12.2 Å². The van der Waals surface area contributed by atoms with Crippen LogP contribution in [0, 0.1) is 0 Å². The first kappa shape index (κ1) is 16.3. The predicted molar refractivity (Wildman–Crippen MR) is 85.7 cm³/mol. The number of benzene rings is 1. The standard InChI is InChI=1S/C17H24ClNO2/c1-2-3-12-21-13-4-11-19-16(20)17(9-10-17)14-5-7-15(18)8-6-14/h5-8H,2-4,9-13H2,1H3,(H,19,20). The second-order valence-electron chi connectivity index (χ2n) is 5.66. The van der Waals surface area contributed by atoms with Crippen molar-refractivity contribution in [2.24, 2.45) is 0 Å². The number of carbonyl (C=O) groups excluding carboxylic acids is 1. The van der Waals surface area contributed by atoms with E-state index in [-0.39, 0.29) is 11.3 Å². The highest BCUT2D eigenvalue weighted by atomic mass is 35.5. The molecule has 2 rings (SSSR count). The van der Waals surface area contributed by atoms with Crippen LogP contribution in [0.25, 0.3) is 0 Å². The number of carbonyl (C=O) groups is 1. The lowest BCUT2D eigenvalue weighted by atomic mass is 9.95. The zero-order valence-electron chi connectivity index (χ0n) is 12.7. The smallest absolute Gasteiger partial charge is 0.230 e. The molecule has 0 bridgehead atoms. The van der Waals surface area contributed by atoms with E-state index < -0.39 is 0 Å². The molecule has 1 aliphatic rings. The SMILES string of the molecule is CCCCOCCCNC(=O)C1(c2ccc(Cl)cc2)CC1. The minimum atomic E-state index is -0.312. The number of rotatable bonds is 9. The summed E-state index contributed by atoms with van der Waals surface area (Å²) < 4.78 is 5.49. The second-order valence-corrected chi connectivity index (χ2v) is 6.10. The van der Waals surface area contributed by atoms with Crippen LogP contribution in [-0.4, -0.2) is 25.7 Å². The van der Waals surface area contributed by atoms with Gasteiger partial charge in [-0.2, -0.15) is 0 Å². The van der Waals surface area contributed by atoms with Crippen LogP contribution < -0.4 is 5.32 Å². The Balaban J connectivity index is 1.72. The zero-order chi connectivity index (χ0) is 15.1.